The maximum atomic E-state index is 12.0. The summed E-state index contributed by atoms with van der Waals surface area (Å²) in [6.07, 6.45) is 4.21. The third-order valence-electron chi connectivity index (χ3n) is 2.49. The third kappa shape index (κ3) is 2.77. The molecule has 96 valence electrons. The number of anilines is 1. The minimum Gasteiger partial charge on any atom is -0.359 e. The molecule has 0 fully saturated rings. The van der Waals surface area contributed by atoms with E-state index in [4.69, 9.17) is 4.52 Å². The van der Waals surface area contributed by atoms with Crippen LogP contribution in [-0.4, -0.2) is 14.7 Å². The Balaban J connectivity index is 2.09. The monoisotopic (exact) mass is 248 g/mol. The quantitative estimate of drug-likeness (QED) is 0.869. The summed E-state index contributed by atoms with van der Waals surface area (Å²) in [5, 5.41) is 6.74. The van der Waals surface area contributed by atoms with Gasteiger partial charge < -0.3 is 14.4 Å². The van der Waals surface area contributed by atoms with Gasteiger partial charge >= 0.3 is 0 Å². The number of nitrogens with zero attached hydrogens (tertiary/aromatic N) is 3. The van der Waals surface area contributed by atoms with E-state index >= 15 is 0 Å². The fraction of sp³-hybridized carbons (Fsp3) is 0.417. The molecule has 0 bridgehead atoms. The van der Waals surface area contributed by atoms with Crippen LogP contribution in [0.4, 0.5) is 5.82 Å². The van der Waals surface area contributed by atoms with Gasteiger partial charge in [0.25, 0.3) is 5.56 Å². The molecule has 0 spiro atoms. The molecular formula is C12H16N4O2. The van der Waals surface area contributed by atoms with Crippen LogP contribution in [0.5, 0.6) is 0 Å². The van der Waals surface area contributed by atoms with Crippen LogP contribution in [0.15, 0.2) is 27.8 Å². The molecule has 0 atom stereocenters. The lowest BCUT2D eigenvalue weighted by molar-refractivity contribution is 0.384. The molecule has 0 aliphatic heterocycles. The summed E-state index contributed by atoms with van der Waals surface area (Å²) in [4.78, 5) is 16.0. The minimum absolute atomic E-state index is 0.115. The van der Waals surface area contributed by atoms with E-state index in [0.717, 1.165) is 12.1 Å². The molecule has 6 nitrogen and oxygen atoms in total. The average Bonchev–Trinajstić information content (AvgIpc) is 2.77. The Morgan fingerprint density at radius 2 is 2.33 bits per heavy atom. The molecule has 2 aromatic rings. The number of rotatable bonds is 5. The number of aromatic nitrogens is 3. The zero-order valence-corrected chi connectivity index (χ0v) is 10.5. The fourth-order valence-corrected chi connectivity index (χ4v) is 1.66. The Morgan fingerprint density at radius 3 is 3.00 bits per heavy atom. The van der Waals surface area contributed by atoms with Crippen LogP contribution in [0.3, 0.4) is 0 Å². The van der Waals surface area contributed by atoms with Gasteiger partial charge in [-0.05, 0) is 13.3 Å². The first-order chi connectivity index (χ1) is 8.70. The molecule has 1 N–H and O–H groups in total. The summed E-state index contributed by atoms with van der Waals surface area (Å²) in [5.41, 5.74) is 0.701. The lowest BCUT2D eigenvalue weighted by Gasteiger charge is -2.06. The molecule has 18 heavy (non-hydrogen) atoms. The van der Waals surface area contributed by atoms with Crippen LogP contribution in [0.1, 0.15) is 24.8 Å². The number of aryl methyl sites for hydroxylation is 2. The lowest BCUT2D eigenvalue weighted by atomic mass is 10.4. The highest BCUT2D eigenvalue weighted by molar-refractivity contribution is 5.31. The predicted molar refractivity (Wildman–Crippen MR) is 67.4 cm³/mol. The van der Waals surface area contributed by atoms with Crippen molar-refractivity contribution in [1.29, 1.82) is 0 Å². The molecule has 0 aliphatic rings. The molecule has 0 saturated carbocycles. The molecular weight excluding hydrogens is 232 g/mol. The van der Waals surface area contributed by atoms with E-state index < -0.39 is 0 Å². The second-order valence-corrected chi connectivity index (χ2v) is 4.06. The molecule has 2 heterocycles. The van der Waals surface area contributed by atoms with Crippen molar-refractivity contribution in [3.8, 4) is 0 Å². The van der Waals surface area contributed by atoms with Gasteiger partial charge in [0.05, 0.1) is 12.2 Å². The Bertz CT molecular complexity index is 573. The number of nitrogens with one attached hydrogen (secondary N) is 1. The predicted octanol–water partition coefficient (Wildman–Crippen LogP) is 1.56. The average molecular weight is 248 g/mol. The maximum absolute atomic E-state index is 12.0. The first-order valence-corrected chi connectivity index (χ1v) is 5.92. The van der Waals surface area contributed by atoms with Crippen molar-refractivity contribution < 1.29 is 4.52 Å². The van der Waals surface area contributed by atoms with Gasteiger partial charge in [0.15, 0.2) is 11.6 Å². The van der Waals surface area contributed by atoms with E-state index in [-0.39, 0.29) is 5.56 Å². The van der Waals surface area contributed by atoms with Crippen LogP contribution in [0.25, 0.3) is 0 Å². The van der Waals surface area contributed by atoms with Crippen LogP contribution in [-0.2, 0) is 13.1 Å². The van der Waals surface area contributed by atoms with Crippen molar-refractivity contribution in [2.45, 2.75) is 33.4 Å². The highest BCUT2D eigenvalue weighted by atomic mass is 16.5. The van der Waals surface area contributed by atoms with Gasteiger partial charge in [-0.1, -0.05) is 12.1 Å². The summed E-state index contributed by atoms with van der Waals surface area (Å²) in [6, 6.07) is 1.82. The van der Waals surface area contributed by atoms with Gasteiger partial charge in [-0.2, -0.15) is 0 Å². The Morgan fingerprint density at radius 1 is 1.50 bits per heavy atom. The van der Waals surface area contributed by atoms with Gasteiger partial charge in [0.1, 0.15) is 0 Å². The number of hydrogen-bond acceptors (Lipinski definition) is 5. The second-order valence-electron chi connectivity index (χ2n) is 4.06. The summed E-state index contributed by atoms with van der Waals surface area (Å²) in [5.74, 6) is 1.01. The van der Waals surface area contributed by atoms with Crippen molar-refractivity contribution in [2.24, 2.45) is 0 Å². The molecule has 6 heteroatoms. The highest BCUT2D eigenvalue weighted by Gasteiger charge is 2.06. The van der Waals surface area contributed by atoms with E-state index in [1.165, 1.54) is 0 Å². The lowest BCUT2D eigenvalue weighted by Crippen LogP contribution is -2.24. The summed E-state index contributed by atoms with van der Waals surface area (Å²) in [6.45, 7) is 4.97. The van der Waals surface area contributed by atoms with Crippen molar-refractivity contribution in [1.82, 2.24) is 14.7 Å². The van der Waals surface area contributed by atoms with E-state index in [1.807, 2.05) is 19.9 Å². The zero-order chi connectivity index (χ0) is 13.0. The standard InChI is InChI=1S/C12H16N4O2/c1-3-5-16-6-4-13-11(12(16)17)14-8-10-7-9(2)15-18-10/h4,6-7H,3,5,8H2,1-2H3,(H,13,14). The van der Waals surface area contributed by atoms with Crippen LogP contribution in [0, 0.1) is 6.92 Å². The molecule has 0 saturated heterocycles. The van der Waals surface area contributed by atoms with Crippen molar-refractivity contribution in [3.63, 3.8) is 0 Å². The van der Waals surface area contributed by atoms with E-state index in [1.54, 1.807) is 17.0 Å². The topological polar surface area (TPSA) is 73.0 Å². The molecule has 0 amide bonds. The van der Waals surface area contributed by atoms with Gasteiger partial charge in [-0.3, -0.25) is 4.79 Å². The molecule has 2 aromatic heterocycles. The minimum atomic E-state index is -0.115. The van der Waals surface area contributed by atoms with Crippen molar-refractivity contribution >= 4 is 5.82 Å². The van der Waals surface area contributed by atoms with Gasteiger partial charge in [-0.25, -0.2) is 4.98 Å². The van der Waals surface area contributed by atoms with Gasteiger partial charge in [-0.15, -0.1) is 0 Å². The summed E-state index contributed by atoms with van der Waals surface area (Å²) >= 11 is 0. The van der Waals surface area contributed by atoms with Crippen molar-refractivity contribution in [3.05, 3.63) is 40.3 Å². The van der Waals surface area contributed by atoms with Crippen molar-refractivity contribution in [2.75, 3.05) is 5.32 Å². The first-order valence-electron chi connectivity index (χ1n) is 5.92. The fourth-order valence-electron chi connectivity index (χ4n) is 1.66. The maximum Gasteiger partial charge on any atom is 0.293 e. The third-order valence-corrected chi connectivity index (χ3v) is 2.49. The molecule has 0 unspecified atom stereocenters. The smallest absolute Gasteiger partial charge is 0.293 e. The van der Waals surface area contributed by atoms with E-state index in [2.05, 4.69) is 15.5 Å². The van der Waals surface area contributed by atoms with Crippen LogP contribution in [0.2, 0.25) is 0 Å². The first kappa shape index (κ1) is 12.3. The number of hydrogen-bond donors (Lipinski definition) is 1. The Hall–Kier alpha value is -2.11. The molecule has 0 aliphatic carbocycles. The second kappa shape index (κ2) is 5.48. The summed E-state index contributed by atoms with van der Waals surface area (Å²) < 4.78 is 6.69. The van der Waals surface area contributed by atoms with Crippen LogP contribution < -0.4 is 10.9 Å². The highest BCUT2D eigenvalue weighted by Crippen LogP contribution is 2.04. The molecule has 0 radical (unpaired) electrons. The molecule has 0 aromatic carbocycles. The van der Waals surface area contributed by atoms with Gasteiger partial charge in [0.2, 0.25) is 0 Å². The summed E-state index contributed by atoms with van der Waals surface area (Å²) in [7, 11) is 0. The van der Waals surface area contributed by atoms with E-state index in [9.17, 15) is 4.79 Å². The van der Waals surface area contributed by atoms with Gasteiger partial charge in [0, 0.05) is 25.0 Å². The SMILES string of the molecule is CCCn1ccnc(NCc2cc(C)no2)c1=O. The Kier molecular flexibility index (Phi) is 3.76. The van der Waals surface area contributed by atoms with E-state index in [0.29, 0.717) is 24.7 Å². The largest absolute Gasteiger partial charge is 0.359 e. The van der Waals surface area contributed by atoms with Crippen LogP contribution >= 0.6 is 0 Å². The zero-order valence-electron chi connectivity index (χ0n) is 10.5. The Labute approximate surface area is 105 Å². The normalized spacial score (nSPS) is 10.6. The molecule has 2 rings (SSSR count).